The van der Waals surface area contributed by atoms with Gasteiger partial charge in [0, 0.05) is 4.90 Å². The summed E-state index contributed by atoms with van der Waals surface area (Å²) in [6.07, 6.45) is 0.263. The zero-order chi connectivity index (χ0) is 16.9. The van der Waals surface area contributed by atoms with Crippen LogP contribution < -0.4 is 5.32 Å². The largest absolute Gasteiger partial charge is 0.402 e. The van der Waals surface area contributed by atoms with E-state index in [0.29, 0.717) is 5.89 Å². The number of halogens is 1. The van der Waals surface area contributed by atoms with Crippen LogP contribution in [0.25, 0.3) is 10.8 Å². The third-order valence-electron chi connectivity index (χ3n) is 3.05. The standard InChI is InChI=1S/C16H14BrN3O2S2/c1-2-23-11-5-3-10(4-6-11)9-14(21)18-16-20-19-15(22-16)12-7-8-13(17)24-12/h3-8H,2,9H2,1H3,(H,18,20,21). The van der Waals surface area contributed by atoms with Crippen molar-refractivity contribution in [2.24, 2.45) is 0 Å². The number of thioether (sulfide) groups is 1. The van der Waals surface area contributed by atoms with Crippen LogP contribution in [0.1, 0.15) is 12.5 Å². The van der Waals surface area contributed by atoms with E-state index < -0.39 is 0 Å². The van der Waals surface area contributed by atoms with Crippen LogP contribution in [-0.4, -0.2) is 21.9 Å². The maximum atomic E-state index is 12.1. The van der Waals surface area contributed by atoms with E-state index in [1.807, 2.05) is 36.4 Å². The highest BCUT2D eigenvalue weighted by molar-refractivity contribution is 9.11. The highest BCUT2D eigenvalue weighted by Gasteiger charge is 2.13. The smallest absolute Gasteiger partial charge is 0.322 e. The Kier molecular flexibility index (Phi) is 5.70. The van der Waals surface area contributed by atoms with E-state index in [0.717, 1.165) is 20.0 Å². The number of carbonyl (C=O) groups excluding carboxylic acids is 1. The van der Waals surface area contributed by atoms with Crippen LogP contribution >= 0.6 is 39.0 Å². The Bertz CT molecular complexity index is 830. The van der Waals surface area contributed by atoms with Gasteiger partial charge in [-0.1, -0.05) is 24.2 Å². The molecule has 1 N–H and O–H groups in total. The van der Waals surface area contributed by atoms with Crippen molar-refractivity contribution in [3.8, 4) is 10.8 Å². The first kappa shape index (κ1) is 17.2. The third kappa shape index (κ3) is 4.46. The molecular formula is C16H14BrN3O2S2. The average molecular weight is 424 g/mol. The fraction of sp³-hybridized carbons (Fsp3) is 0.188. The highest BCUT2D eigenvalue weighted by Crippen LogP contribution is 2.30. The first-order valence-electron chi connectivity index (χ1n) is 7.25. The minimum atomic E-state index is -0.187. The summed E-state index contributed by atoms with van der Waals surface area (Å²) in [6, 6.07) is 11.9. The van der Waals surface area contributed by atoms with E-state index in [1.165, 1.54) is 16.2 Å². The number of nitrogens with one attached hydrogen (secondary N) is 1. The van der Waals surface area contributed by atoms with Crippen LogP contribution in [0.2, 0.25) is 0 Å². The molecule has 1 aromatic carbocycles. The fourth-order valence-corrected chi connectivity index (χ4v) is 3.99. The quantitative estimate of drug-likeness (QED) is 0.573. The highest BCUT2D eigenvalue weighted by atomic mass is 79.9. The first-order valence-corrected chi connectivity index (χ1v) is 9.84. The molecule has 0 radical (unpaired) electrons. The lowest BCUT2D eigenvalue weighted by Crippen LogP contribution is -2.14. The molecule has 3 aromatic rings. The molecule has 8 heteroatoms. The van der Waals surface area contributed by atoms with Gasteiger partial charge in [0.2, 0.25) is 5.91 Å². The summed E-state index contributed by atoms with van der Waals surface area (Å²) in [5, 5.41) is 10.4. The van der Waals surface area contributed by atoms with Gasteiger partial charge in [0.15, 0.2) is 0 Å². The van der Waals surface area contributed by atoms with Crippen molar-refractivity contribution >= 4 is 51.0 Å². The van der Waals surface area contributed by atoms with Crippen molar-refractivity contribution in [2.45, 2.75) is 18.2 Å². The van der Waals surface area contributed by atoms with Crippen LogP contribution in [0, 0.1) is 0 Å². The lowest BCUT2D eigenvalue weighted by Gasteiger charge is -2.03. The van der Waals surface area contributed by atoms with E-state index in [4.69, 9.17) is 4.42 Å². The molecule has 5 nitrogen and oxygen atoms in total. The van der Waals surface area contributed by atoms with E-state index in [2.05, 4.69) is 38.4 Å². The molecular weight excluding hydrogens is 410 g/mol. The van der Waals surface area contributed by atoms with Crippen LogP contribution in [0.15, 0.2) is 49.5 Å². The number of anilines is 1. The van der Waals surface area contributed by atoms with Gasteiger partial charge in [0.05, 0.1) is 15.1 Å². The number of rotatable bonds is 6. The first-order chi connectivity index (χ1) is 11.6. The molecule has 0 bridgehead atoms. The summed E-state index contributed by atoms with van der Waals surface area (Å²) in [6.45, 7) is 2.11. The van der Waals surface area contributed by atoms with E-state index >= 15 is 0 Å². The molecule has 24 heavy (non-hydrogen) atoms. The molecule has 0 atom stereocenters. The number of carbonyl (C=O) groups is 1. The molecule has 2 aromatic heterocycles. The Balaban J connectivity index is 1.59. The maximum absolute atomic E-state index is 12.1. The number of hydrogen-bond acceptors (Lipinski definition) is 6. The third-order valence-corrected chi connectivity index (χ3v) is 5.56. The number of thiophene rings is 1. The Morgan fingerprint density at radius 1 is 1.25 bits per heavy atom. The topological polar surface area (TPSA) is 68.0 Å². The van der Waals surface area contributed by atoms with Gasteiger partial charge in [0.1, 0.15) is 0 Å². The van der Waals surface area contributed by atoms with Crippen LogP contribution in [0.3, 0.4) is 0 Å². The zero-order valence-electron chi connectivity index (χ0n) is 12.8. The molecule has 0 aliphatic heterocycles. The molecule has 1 amide bonds. The number of benzene rings is 1. The molecule has 0 fully saturated rings. The lowest BCUT2D eigenvalue weighted by atomic mass is 10.1. The summed E-state index contributed by atoms with van der Waals surface area (Å²) in [5.41, 5.74) is 0.940. The molecule has 2 heterocycles. The monoisotopic (exact) mass is 423 g/mol. The second kappa shape index (κ2) is 7.96. The lowest BCUT2D eigenvalue weighted by molar-refractivity contribution is -0.115. The summed E-state index contributed by atoms with van der Waals surface area (Å²) in [5.74, 6) is 1.23. The SMILES string of the molecule is CCSc1ccc(CC(=O)Nc2nnc(-c3ccc(Br)s3)o2)cc1. The second-order valence-corrected chi connectivity index (χ2v) is 8.62. The van der Waals surface area contributed by atoms with E-state index in [1.54, 1.807) is 11.8 Å². The molecule has 0 unspecified atom stereocenters. The minimum Gasteiger partial charge on any atom is -0.402 e. The molecule has 0 aliphatic rings. The Morgan fingerprint density at radius 2 is 2.04 bits per heavy atom. The molecule has 0 spiro atoms. The van der Waals surface area contributed by atoms with Crippen molar-refractivity contribution < 1.29 is 9.21 Å². The van der Waals surface area contributed by atoms with Crippen LogP contribution in [-0.2, 0) is 11.2 Å². The molecule has 0 saturated heterocycles. The van der Waals surface area contributed by atoms with Crippen molar-refractivity contribution in [3.05, 3.63) is 45.7 Å². The van der Waals surface area contributed by atoms with E-state index in [-0.39, 0.29) is 18.3 Å². The van der Waals surface area contributed by atoms with Crippen molar-refractivity contribution in [1.82, 2.24) is 10.2 Å². The molecule has 0 aliphatic carbocycles. The van der Waals surface area contributed by atoms with Gasteiger partial charge < -0.3 is 4.42 Å². The number of amides is 1. The van der Waals surface area contributed by atoms with Gasteiger partial charge in [0.25, 0.3) is 5.89 Å². The molecule has 124 valence electrons. The summed E-state index contributed by atoms with van der Waals surface area (Å²) in [7, 11) is 0. The predicted molar refractivity (Wildman–Crippen MR) is 100 cm³/mol. The van der Waals surface area contributed by atoms with Crippen molar-refractivity contribution in [3.63, 3.8) is 0 Å². The van der Waals surface area contributed by atoms with Crippen molar-refractivity contribution in [1.29, 1.82) is 0 Å². The molecule has 3 rings (SSSR count). The normalized spacial score (nSPS) is 10.8. The molecule has 0 saturated carbocycles. The maximum Gasteiger partial charge on any atom is 0.322 e. The number of aromatic nitrogens is 2. The minimum absolute atomic E-state index is 0.109. The van der Waals surface area contributed by atoms with Crippen molar-refractivity contribution in [2.75, 3.05) is 11.1 Å². The fourth-order valence-electron chi connectivity index (χ4n) is 2.02. The summed E-state index contributed by atoms with van der Waals surface area (Å²) in [4.78, 5) is 14.1. The van der Waals surface area contributed by atoms with Gasteiger partial charge in [-0.2, -0.15) is 0 Å². The predicted octanol–water partition coefficient (Wildman–Crippen LogP) is 4.85. The average Bonchev–Trinajstić information content (AvgIpc) is 3.18. The number of nitrogens with zero attached hydrogens (tertiary/aromatic N) is 2. The second-order valence-electron chi connectivity index (χ2n) is 4.82. The van der Waals surface area contributed by atoms with Gasteiger partial charge in [-0.15, -0.1) is 28.2 Å². The van der Waals surface area contributed by atoms with Gasteiger partial charge >= 0.3 is 6.01 Å². The van der Waals surface area contributed by atoms with Gasteiger partial charge in [-0.3, -0.25) is 10.1 Å². The Hall–Kier alpha value is -1.64. The van der Waals surface area contributed by atoms with E-state index in [9.17, 15) is 4.79 Å². The van der Waals surface area contributed by atoms with Crippen LogP contribution in [0.4, 0.5) is 6.01 Å². The zero-order valence-corrected chi connectivity index (χ0v) is 16.0. The van der Waals surface area contributed by atoms with Crippen LogP contribution in [0.5, 0.6) is 0 Å². The van der Waals surface area contributed by atoms with Gasteiger partial charge in [-0.25, -0.2) is 0 Å². The Labute approximate surface area is 156 Å². The Morgan fingerprint density at radius 3 is 2.71 bits per heavy atom. The summed E-state index contributed by atoms with van der Waals surface area (Å²) >= 11 is 6.64. The van der Waals surface area contributed by atoms with Gasteiger partial charge in [-0.05, 0) is 51.5 Å². The summed E-state index contributed by atoms with van der Waals surface area (Å²) < 4.78 is 6.45. The number of hydrogen-bond donors (Lipinski definition) is 1.